The van der Waals surface area contributed by atoms with E-state index in [4.69, 9.17) is 0 Å². The molecule has 0 spiro atoms. The Bertz CT molecular complexity index is 963. The fourth-order valence-corrected chi connectivity index (χ4v) is 3.73. The maximum absolute atomic E-state index is 11.3. The molecule has 0 radical (unpaired) electrons. The van der Waals surface area contributed by atoms with Crippen molar-refractivity contribution in [2.45, 2.75) is 9.92 Å². The fourth-order valence-electron chi connectivity index (χ4n) is 2.62. The van der Waals surface area contributed by atoms with Crippen molar-refractivity contribution in [3.8, 4) is 0 Å². The summed E-state index contributed by atoms with van der Waals surface area (Å²) in [6.45, 7) is 0. The number of rotatable bonds is 5. The quantitative estimate of drug-likeness (QED) is 0.392. The first kappa shape index (κ1) is 17.0. The molecule has 1 heterocycles. The van der Waals surface area contributed by atoms with Crippen molar-refractivity contribution in [3.63, 3.8) is 0 Å². The highest BCUT2D eigenvalue weighted by Crippen LogP contribution is 2.39. The van der Waals surface area contributed by atoms with Crippen LogP contribution >= 0.6 is 11.8 Å². The number of nitrogens with zero attached hydrogens (tertiary/aromatic N) is 4. The Labute approximate surface area is 149 Å². The van der Waals surface area contributed by atoms with Crippen LogP contribution in [-0.4, -0.2) is 34.8 Å². The van der Waals surface area contributed by atoms with Crippen LogP contribution in [0.3, 0.4) is 0 Å². The summed E-state index contributed by atoms with van der Waals surface area (Å²) in [6.07, 6.45) is 1.80. The summed E-state index contributed by atoms with van der Waals surface area (Å²) < 4.78 is 2.05. The number of benzene rings is 2. The smallest absolute Gasteiger partial charge is 0.283 e. The van der Waals surface area contributed by atoms with Gasteiger partial charge in [0.15, 0.2) is 0 Å². The predicted octanol–water partition coefficient (Wildman–Crippen LogP) is 4.13. The van der Waals surface area contributed by atoms with Crippen LogP contribution in [0.2, 0.25) is 0 Å². The lowest BCUT2D eigenvalue weighted by Crippen LogP contribution is -2.02. The van der Waals surface area contributed by atoms with Crippen molar-refractivity contribution in [2.75, 3.05) is 14.1 Å². The van der Waals surface area contributed by atoms with Crippen molar-refractivity contribution in [3.05, 3.63) is 64.2 Å². The van der Waals surface area contributed by atoms with Crippen LogP contribution in [0, 0.1) is 10.1 Å². The molecule has 6 nitrogen and oxygen atoms in total. The standard InChI is InChI=1S/C18H18N4O2S/c1-20(2)19-12-14-13-8-4-5-9-15(13)21(3)18(14)25-17-11-7-6-10-16(17)22(23)24/h4-12H,1-3H3. The molecule has 1 aromatic heterocycles. The minimum Gasteiger partial charge on any atom is -0.338 e. The largest absolute Gasteiger partial charge is 0.338 e. The molecular weight excluding hydrogens is 336 g/mol. The van der Waals surface area contributed by atoms with Gasteiger partial charge in [0.05, 0.1) is 21.1 Å². The third kappa shape index (κ3) is 3.36. The molecule has 0 bridgehead atoms. The Hall–Kier alpha value is -2.80. The normalized spacial score (nSPS) is 11.3. The van der Waals surface area contributed by atoms with Gasteiger partial charge in [-0.05, 0) is 12.1 Å². The van der Waals surface area contributed by atoms with Crippen LogP contribution < -0.4 is 0 Å². The third-order valence-electron chi connectivity index (χ3n) is 3.78. The van der Waals surface area contributed by atoms with Crippen LogP contribution in [0.4, 0.5) is 5.69 Å². The summed E-state index contributed by atoms with van der Waals surface area (Å²) in [7, 11) is 5.68. The summed E-state index contributed by atoms with van der Waals surface area (Å²) in [5.74, 6) is 0. The van der Waals surface area contributed by atoms with E-state index in [2.05, 4.69) is 5.10 Å². The van der Waals surface area contributed by atoms with Gasteiger partial charge in [-0.3, -0.25) is 10.1 Å². The Morgan fingerprint density at radius 2 is 1.84 bits per heavy atom. The van der Waals surface area contributed by atoms with Gasteiger partial charge >= 0.3 is 0 Å². The summed E-state index contributed by atoms with van der Waals surface area (Å²) in [4.78, 5) is 11.6. The van der Waals surface area contributed by atoms with E-state index in [1.807, 2.05) is 56.0 Å². The zero-order valence-corrected chi connectivity index (χ0v) is 15.0. The summed E-state index contributed by atoms with van der Waals surface area (Å²) >= 11 is 1.38. The molecular formula is C18H18N4O2S. The summed E-state index contributed by atoms with van der Waals surface area (Å²) in [5.41, 5.74) is 2.12. The number of hydrogen-bond acceptors (Lipinski definition) is 5. The molecule has 0 unspecified atom stereocenters. The van der Waals surface area contributed by atoms with Gasteiger partial charge in [-0.2, -0.15) is 5.10 Å². The van der Waals surface area contributed by atoms with Crippen molar-refractivity contribution >= 4 is 34.6 Å². The predicted molar refractivity (Wildman–Crippen MR) is 101 cm³/mol. The number of hydrogen-bond donors (Lipinski definition) is 0. The monoisotopic (exact) mass is 354 g/mol. The first-order valence-electron chi connectivity index (χ1n) is 7.69. The van der Waals surface area contributed by atoms with Crippen molar-refractivity contribution in [2.24, 2.45) is 12.1 Å². The maximum Gasteiger partial charge on any atom is 0.283 e. The molecule has 0 atom stereocenters. The van der Waals surface area contributed by atoms with E-state index in [9.17, 15) is 10.1 Å². The second-order valence-corrected chi connectivity index (χ2v) is 6.74. The van der Waals surface area contributed by atoms with Crippen LogP contribution in [0.15, 0.2) is 63.6 Å². The Balaban J connectivity index is 2.17. The lowest BCUT2D eigenvalue weighted by molar-refractivity contribution is -0.387. The molecule has 0 N–H and O–H groups in total. The van der Waals surface area contributed by atoms with Gasteiger partial charge in [0.1, 0.15) is 0 Å². The van der Waals surface area contributed by atoms with Crippen LogP contribution in [0.25, 0.3) is 10.9 Å². The zero-order chi connectivity index (χ0) is 18.0. The number of fused-ring (bicyclic) bond motifs is 1. The number of para-hydroxylation sites is 2. The average molecular weight is 354 g/mol. The van der Waals surface area contributed by atoms with Crippen molar-refractivity contribution < 1.29 is 4.92 Å². The molecule has 0 amide bonds. The molecule has 0 aliphatic heterocycles. The SMILES string of the molecule is CN(C)N=Cc1c(Sc2ccccc2[N+](=O)[O-])n(C)c2ccccc12. The summed E-state index contributed by atoms with van der Waals surface area (Å²) in [6, 6.07) is 14.8. The highest BCUT2D eigenvalue weighted by atomic mass is 32.2. The molecule has 0 saturated heterocycles. The van der Waals surface area contributed by atoms with Crippen LogP contribution in [0.5, 0.6) is 0 Å². The molecule has 7 heteroatoms. The highest BCUT2D eigenvalue weighted by molar-refractivity contribution is 7.99. The molecule has 25 heavy (non-hydrogen) atoms. The topological polar surface area (TPSA) is 63.7 Å². The fraction of sp³-hybridized carbons (Fsp3) is 0.167. The number of aryl methyl sites for hydroxylation is 1. The van der Waals surface area contributed by atoms with E-state index in [1.54, 1.807) is 23.4 Å². The number of nitro benzene ring substituents is 1. The molecule has 2 aromatic carbocycles. The van der Waals surface area contributed by atoms with E-state index in [1.165, 1.54) is 17.8 Å². The van der Waals surface area contributed by atoms with Gasteiger partial charge in [0.25, 0.3) is 5.69 Å². The Morgan fingerprint density at radius 1 is 1.16 bits per heavy atom. The second kappa shape index (κ2) is 6.98. The average Bonchev–Trinajstić information content (AvgIpc) is 2.86. The number of nitro groups is 1. The first-order valence-corrected chi connectivity index (χ1v) is 8.50. The molecule has 128 valence electrons. The molecule has 3 rings (SSSR count). The van der Waals surface area contributed by atoms with Gasteiger partial charge in [0, 0.05) is 43.7 Å². The summed E-state index contributed by atoms with van der Waals surface area (Å²) in [5, 5.41) is 19.4. The first-order chi connectivity index (χ1) is 12.0. The van der Waals surface area contributed by atoms with E-state index >= 15 is 0 Å². The number of aromatic nitrogens is 1. The third-order valence-corrected chi connectivity index (χ3v) is 5.03. The van der Waals surface area contributed by atoms with E-state index in [0.29, 0.717) is 4.90 Å². The van der Waals surface area contributed by atoms with Crippen molar-refractivity contribution in [1.82, 2.24) is 9.58 Å². The molecule has 0 aliphatic carbocycles. The number of hydrazone groups is 1. The lowest BCUT2D eigenvalue weighted by Gasteiger charge is -2.07. The van der Waals surface area contributed by atoms with Crippen molar-refractivity contribution in [1.29, 1.82) is 0 Å². The Kier molecular flexibility index (Phi) is 4.76. The van der Waals surface area contributed by atoms with Crippen LogP contribution in [0.1, 0.15) is 5.56 Å². The second-order valence-electron chi connectivity index (χ2n) is 5.71. The zero-order valence-electron chi connectivity index (χ0n) is 14.2. The minimum atomic E-state index is -0.349. The van der Waals surface area contributed by atoms with E-state index in [0.717, 1.165) is 21.5 Å². The van der Waals surface area contributed by atoms with Gasteiger partial charge in [-0.15, -0.1) is 0 Å². The molecule has 0 saturated carbocycles. The molecule has 0 fully saturated rings. The molecule has 0 aliphatic rings. The minimum absolute atomic E-state index is 0.105. The lowest BCUT2D eigenvalue weighted by atomic mass is 10.2. The van der Waals surface area contributed by atoms with Gasteiger partial charge in [-0.1, -0.05) is 42.1 Å². The van der Waals surface area contributed by atoms with E-state index < -0.39 is 0 Å². The maximum atomic E-state index is 11.3. The van der Waals surface area contributed by atoms with Crippen LogP contribution in [-0.2, 0) is 7.05 Å². The van der Waals surface area contributed by atoms with Gasteiger partial charge in [-0.25, -0.2) is 0 Å². The molecule has 3 aromatic rings. The highest BCUT2D eigenvalue weighted by Gasteiger charge is 2.19. The van der Waals surface area contributed by atoms with Gasteiger partial charge < -0.3 is 9.58 Å². The Morgan fingerprint density at radius 3 is 2.56 bits per heavy atom. The van der Waals surface area contributed by atoms with Gasteiger partial charge in [0.2, 0.25) is 0 Å². The van der Waals surface area contributed by atoms with E-state index in [-0.39, 0.29) is 10.6 Å².